The molecule has 1 saturated heterocycles. The molecule has 2 rings (SSSR count). The van der Waals surface area contributed by atoms with Gasteiger partial charge in [0.1, 0.15) is 4.90 Å². The minimum Gasteiger partial charge on any atom is -0.398 e. The first-order valence-electron chi connectivity index (χ1n) is 7.17. The molecule has 1 unspecified atom stereocenters. The molecule has 7 heteroatoms. The van der Waals surface area contributed by atoms with E-state index in [4.69, 9.17) is 10.9 Å². The van der Waals surface area contributed by atoms with Gasteiger partial charge >= 0.3 is 0 Å². The number of nitrogen functional groups attached to an aromatic ring is 1. The lowest BCUT2D eigenvalue weighted by molar-refractivity contribution is 0.266. The van der Waals surface area contributed by atoms with Crippen LogP contribution >= 0.6 is 0 Å². The fraction of sp³-hybridized carbons (Fsp3) is 0.571. The van der Waals surface area contributed by atoms with Gasteiger partial charge in [-0.05, 0) is 50.9 Å². The third-order valence-corrected chi connectivity index (χ3v) is 4.94. The van der Waals surface area contributed by atoms with Crippen molar-refractivity contribution < 1.29 is 8.42 Å². The number of hydrogen-bond donors (Lipinski definition) is 3. The van der Waals surface area contributed by atoms with E-state index in [2.05, 4.69) is 24.1 Å². The zero-order chi connectivity index (χ0) is 15.6. The van der Waals surface area contributed by atoms with Crippen molar-refractivity contribution >= 4 is 21.4 Å². The van der Waals surface area contributed by atoms with Crippen molar-refractivity contribution in [2.45, 2.75) is 31.2 Å². The lowest BCUT2D eigenvalue weighted by Gasteiger charge is -2.20. The maximum absolute atomic E-state index is 11.3. The van der Waals surface area contributed by atoms with Crippen molar-refractivity contribution in [3.05, 3.63) is 18.2 Å². The average Bonchev–Trinajstić information content (AvgIpc) is 2.83. The van der Waals surface area contributed by atoms with E-state index >= 15 is 0 Å². The molecule has 1 heterocycles. The lowest BCUT2D eigenvalue weighted by atomic mass is 10.1. The van der Waals surface area contributed by atoms with Crippen LogP contribution in [0.1, 0.15) is 20.3 Å². The standard InChI is InChI=1S/C14H24N4O2S/c1-10(2)18-6-5-11(9-18)8-17-12-3-4-14(13(15)7-12)21(16,19)20/h3-4,7,10-11,17H,5-6,8-9,15H2,1-2H3,(H2,16,19,20). The Morgan fingerprint density at radius 2 is 2.14 bits per heavy atom. The molecule has 1 aromatic rings. The average molecular weight is 312 g/mol. The lowest BCUT2D eigenvalue weighted by Crippen LogP contribution is -2.29. The molecule has 1 atom stereocenters. The molecule has 0 aromatic heterocycles. The Bertz CT molecular complexity index is 601. The van der Waals surface area contributed by atoms with Crippen LogP contribution in [0.15, 0.2) is 23.1 Å². The summed E-state index contributed by atoms with van der Waals surface area (Å²) in [5, 5.41) is 8.41. The van der Waals surface area contributed by atoms with Crippen LogP contribution in [0, 0.1) is 5.92 Å². The summed E-state index contributed by atoms with van der Waals surface area (Å²) in [5.41, 5.74) is 6.75. The number of nitrogens with zero attached hydrogens (tertiary/aromatic N) is 1. The van der Waals surface area contributed by atoms with E-state index in [0.29, 0.717) is 12.0 Å². The monoisotopic (exact) mass is 312 g/mol. The smallest absolute Gasteiger partial charge is 0.240 e. The Kier molecular flexibility index (Phi) is 4.75. The van der Waals surface area contributed by atoms with E-state index in [9.17, 15) is 8.42 Å². The van der Waals surface area contributed by atoms with Gasteiger partial charge in [-0.25, -0.2) is 13.6 Å². The number of sulfonamides is 1. The zero-order valence-electron chi connectivity index (χ0n) is 12.5. The molecule has 0 saturated carbocycles. The predicted molar refractivity (Wildman–Crippen MR) is 85.5 cm³/mol. The summed E-state index contributed by atoms with van der Waals surface area (Å²) in [5.74, 6) is 0.603. The van der Waals surface area contributed by atoms with Gasteiger partial charge in [-0.15, -0.1) is 0 Å². The van der Waals surface area contributed by atoms with Crippen molar-refractivity contribution in [1.29, 1.82) is 0 Å². The molecule has 1 aliphatic rings. The minimum atomic E-state index is -3.76. The minimum absolute atomic E-state index is 0.0279. The van der Waals surface area contributed by atoms with Crippen LogP contribution in [0.4, 0.5) is 11.4 Å². The second kappa shape index (κ2) is 6.21. The van der Waals surface area contributed by atoms with Crippen molar-refractivity contribution in [3.63, 3.8) is 0 Å². The van der Waals surface area contributed by atoms with E-state index in [1.807, 2.05) is 0 Å². The molecule has 1 aromatic carbocycles. The van der Waals surface area contributed by atoms with Crippen LogP contribution in [0.3, 0.4) is 0 Å². The highest BCUT2D eigenvalue weighted by Crippen LogP contribution is 2.23. The fourth-order valence-corrected chi connectivity index (χ4v) is 3.32. The van der Waals surface area contributed by atoms with Crippen molar-refractivity contribution in [2.24, 2.45) is 11.1 Å². The number of rotatable bonds is 5. The third-order valence-electron chi connectivity index (χ3n) is 3.96. The van der Waals surface area contributed by atoms with Gasteiger partial charge in [0.2, 0.25) is 10.0 Å². The molecule has 0 aliphatic carbocycles. The van der Waals surface area contributed by atoms with E-state index in [1.165, 1.54) is 12.5 Å². The number of primary sulfonamides is 1. The van der Waals surface area contributed by atoms with Gasteiger partial charge in [0.15, 0.2) is 0 Å². The summed E-state index contributed by atoms with van der Waals surface area (Å²) in [6.45, 7) is 7.51. The second-order valence-corrected chi connectivity index (χ2v) is 7.45. The maximum atomic E-state index is 11.3. The Hall–Kier alpha value is -1.31. The van der Waals surface area contributed by atoms with Gasteiger partial charge in [0.05, 0.1) is 5.69 Å². The van der Waals surface area contributed by atoms with E-state index < -0.39 is 10.0 Å². The molecule has 0 spiro atoms. The van der Waals surface area contributed by atoms with Crippen molar-refractivity contribution in [2.75, 3.05) is 30.7 Å². The third kappa shape index (κ3) is 4.09. The largest absolute Gasteiger partial charge is 0.398 e. The maximum Gasteiger partial charge on any atom is 0.240 e. The van der Waals surface area contributed by atoms with Crippen LogP contribution in [0.25, 0.3) is 0 Å². The Labute approximate surface area is 126 Å². The normalized spacial score (nSPS) is 20.1. The SMILES string of the molecule is CC(C)N1CCC(CNc2ccc(S(N)(=O)=O)c(N)c2)C1. The summed E-state index contributed by atoms with van der Waals surface area (Å²) in [7, 11) is -3.76. The van der Waals surface area contributed by atoms with Crippen LogP contribution < -0.4 is 16.2 Å². The Morgan fingerprint density at radius 1 is 1.43 bits per heavy atom. The van der Waals surface area contributed by atoms with Crippen molar-refractivity contribution in [3.8, 4) is 0 Å². The van der Waals surface area contributed by atoms with Gasteiger partial charge in [0, 0.05) is 24.8 Å². The number of nitrogens with one attached hydrogen (secondary N) is 1. The molecular formula is C14H24N4O2S. The van der Waals surface area contributed by atoms with Gasteiger partial charge in [-0.1, -0.05) is 0 Å². The molecule has 0 bridgehead atoms. The van der Waals surface area contributed by atoms with Crippen molar-refractivity contribution in [1.82, 2.24) is 4.90 Å². The summed E-state index contributed by atoms with van der Waals surface area (Å²) in [4.78, 5) is 2.44. The summed E-state index contributed by atoms with van der Waals surface area (Å²) >= 11 is 0. The summed E-state index contributed by atoms with van der Waals surface area (Å²) in [6, 6.07) is 5.35. The highest BCUT2D eigenvalue weighted by atomic mass is 32.2. The highest BCUT2D eigenvalue weighted by molar-refractivity contribution is 7.89. The summed E-state index contributed by atoms with van der Waals surface area (Å²) < 4.78 is 22.6. The number of anilines is 2. The Morgan fingerprint density at radius 3 is 2.67 bits per heavy atom. The first kappa shape index (κ1) is 16.1. The molecule has 0 amide bonds. The van der Waals surface area contributed by atoms with Crippen LogP contribution in [0.2, 0.25) is 0 Å². The number of likely N-dealkylation sites (tertiary alicyclic amines) is 1. The topological polar surface area (TPSA) is 101 Å². The van der Waals surface area contributed by atoms with E-state index in [1.54, 1.807) is 12.1 Å². The zero-order valence-corrected chi connectivity index (χ0v) is 13.4. The van der Waals surface area contributed by atoms with Gasteiger partial charge in [-0.2, -0.15) is 0 Å². The number of hydrogen-bond acceptors (Lipinski definition) is 5. The fourth-order valence-electron chi connectivity index (χ4n) is 2.68. The number of nitrogens with two attached hydrogens (primary N) is 2. The first-order valence-corrected chi connectivity index (χ1v) is 8.72. The molecular weight excluding hydrogens is 288 g/mol. The molecule has 21 heavy (non-hydrogen) atoms. The number of benzene rings is 1. The van der Waals surface area contributed by atoms with E-state index in [0.717, 1.165) is 25.3 Å². The van der Waals surface area contributed by atoms with Crippen LogP contribution in [-0.4, -0.2) is 39.0 Å². The molecule has 6 nitrogen and oxygen atoms in total. The predicted octanol–water partition coefficient (Wildman–Crippen LogP) is 1.06. The molecule has 1 fully saturated rings. The molecule has 0 radical (unpaired) electrons. The van der Waals surface area contributed by atoms with Crippen LogP contribution in [0.5, 0.6) is 0 Å². The van der Waals surface area contributed by atoms with E-state index in [-0.39, 0.29) is 10.6 Å². The Balaban J connectivity index is 1.95. The highest BCUT2D eigenvalue weighted by Gasteiger charge is 2.23. The second-order valence-electron chi connectivity index (χ2n) is 5.92. The van der Waals surface area contributed by atoms with Gasteiger partial charge in [0.25, 0.3) is 0 Å². The first-order chi connectivity index (χ1) is 9.77. The molecule has 5 N–H and O–H groups in total. The van der Waals surface area contributed by atoms with Gasteiger partial charge in [-0.3, -0.25) is 0 Å². The van der Waals surface area contributed by atoms with Gasteiger partial charge < -0.3 is 16.0 Å². The van der Waals surface area contributed by atoms with Crippen LogP contribution in [-0.2, 0) is 10.0 Å². The molecule has 118 valence electrons. The quantitative estimate of drug-likeness (QED) is 0.706. The summed E-state index contributed by atoms with van der Waals surface area (Å²) in [6.07, 6.45) is 1.18. The molecule has 1 aliphatic heterocycles.